The number of anilines is 1. The van der Waals surface area contributed by atoms with Crippen molar-refractivity contribution in [3.63, 3.8) is 0 Å². The van der Waals surface area contributed by atoms with Crippen molar-refractivity contribution in [2.24, 2.45) is 0 Å². The highest BCUT2D eigenvalue weighted by atomic mass is 16.7. The topological polar surface area (TPSA) is 116 Å². The molecule has 45 heavy (non-hydrogen) atoms. The number of nitrogens with zero attached hydrogens (tertiary/aromatic N) is 5. The number of rotatable bonds is 8. The molecular formula is C34H37N7O4. The zero-order valence-electron chi connectivity index (χ0n) is 25.3. The third-order valence-corrected chi connectivity index (χ3v) is 8.93. The molecule has 232 valence electrons. The van der Waals surface area contributed by atoms with Crippen molar-refractivity contribution in [3.8, 4) is 33.5 Å². The number of imidazole rings is 1. The molecule has 11 heteroatoms. The largest absolute Gasteiger partial charge is 0.353 e. The van der Waals surface area contributed by atoms with Crippen molar-refractivity contribution in [3.05, 3.63) is 78.9 Å². The average Bonchev–Trinajstić information content (AvgIpc) is 3.86. The Morgan fingerprint density at radius 3 is 2.16 bits per heavy atom. The molecule has 0 bridgehead atoms. The van der Waals surface area contributed by atoms with E-state index < -0.39 is 5.79 Å². The van der Waals surface area contributed by atoms with Crippen molar-refractivity contribution < 1.29 is 19.1 Å². The minimum Gasteiger partial charge on any atom is -0.353 e. The van der Waals surface area contributed by atoms with Crippen LogP contribution in [0.25, 0.3) is 33.5 Å². The van der Waals surface area contributed by atoms with E-state index in [4.69, 9.17) is 19.4 Å². The molecule has 3 saturated heterocycles. The summed E-state index contributed by atoms with van der Waals surface area (Å²) in [6.45, 7) is 4.74. The number of aromatic nitrogens is 3. The van der Waals surface area contributed by atoms with Gasteiger partial charge in [0, 0.05) is 56.1 Å². The van der Waals surface area contributed by atoms with Gasteiger partial charge < -0.3 is 34.5 Å². The van der Waals surface area contributed by atoms with E-state index in [2.05, 4.69) is 75.9 Å². The van der Waals surface area contributed by atoms with Gasteiger partial charge in [0.05, 0.1) is 38.0 Å². The Morgan fingerprint density at radius 1 is 0.933 bits per heavy atom. The first-order valence-electron chi connectivity index (χ1n) is 15.4. The Bertz CT molecular complexity index is 1620. The van der Waals surface area contributed by atoms with E-state index in [0.29, 0.717) is 26.2 Å². The fourth-order valence-corrected chi connectivity index (χ4v) is 6.45. The SMILES string of the molecule is CNCC(=O)N1CC2(CC1c1nc(-c3ccc(-c4ccc(-c5ccc(N6CCN(C=O)CC6)nc5)cc4)cc3)c[nH]1)OCCO2. The predicted octanol–water partition coefficient (Wildman–Crippen LogP) is 3.32. The van der Waals surface area contributed by atoms with Gasteiger partial charge in [0.1, 0.15) is 11.6 Å². The van der Waals surface area contributed by atoms with E-state index in [1.807, 2.05) is 12.4 Å². The van der Waals surface area contributed by atoms with Gasteiger partial charge in [-0.1, -0.05) is 48.5 Å². The minimum absolute atomic E-state index is 0.00858. The Hall–Kier alpha value is -4.58. The number of pyridine rings is 1. The van der Waals surface area contributed by atoms with E-state index in [0.717, 1.165) is 77.7 Å². The van der Waals surface area contributed by atoms with Gasteiger partial charge in [-0.05, 0) is 35.9 Å². The smallest absolute Gasteiger partial charge is 0.237 e. The third kappa shape index (κ3) is 5.94. The molecule has 7 rings (SSSR count). The first-order valence-corrected chi connectivity index (χ1v) is 15.4. The van der Waals surface area contributed by atoms with Crippen LogP contribution >= 0.6 is 0 Å². The molecular weight excluding hydrogens is 570 g/mol. The number of likely N-dealkylation sites (tertiary alicyclic amines) is 1. The second kappa shape index (κ2) is 12.4. The lowest BCUT2D eigenvalue weighted by Crippen LogP contribution is -2.45. The van der Waals surface area contributed by atoms with Crippen LogP contribution in [-0.2, 0) is 19.1 Å². The highest BCUT2D eigenvalue weighted by Crippen LogP contribution is 2.42. The van der Waals surface area contributed by atoms with Crippen molar-refractivity contribution in [1.29, 1.82) is 0 Å². The minimum atomic E-state index is -0.757. The molecule has 1 spiro atoms. The number of piperazine rings is 1. The Labute approximate surface area is 262 Å². The summed E-state index contributed by atoms with van der Waals surface area (Å²) < 4.78 is 11.9. The number of carbonyl (C=O) groups excluding carboxylic acids is 2. The molecule has 4 aromatic rings. The molecule has 2 amide bonds. The van der Waals surface area contributed by atoms with Gasteiger partial charge in [-0.3, -0.25) is 9.59 Å². The summed E-state index contributed by atoms with van der Waals surface area (Å²) in [4.78, 5) is 42.6. The number of nitrogens with one attached hydrogen (secondary N) is 2. The number of H-pyrrole nitrogens is 1. The van der Waals surface area contributed by atoms with Gasteiger partial charge >= 0.3 is 0 Å². The summed E-state index contributed by atoms with van der Waals surface area (Å²) in [6, 6.07) is 20.8. The summed E-state index contributed by atoms with van der Waals surface area (Å²) >= 11 is 0. The van der Waals surface area contributed by atoms with Crippen molar-refractivity contribution in [2.75, 3.05) is 64.4 Å². The van der Waals surface area contributed by atoms with Crippen LogP contribution in [-0.4, -0.2) is 102 Å². The van der Waals surface area contributed by atoms with E-state index in [1.165, 1.54) is 0 Å². The lowest BCUT2D eigenvalue weighted by molar-refractivity contribution is -0.152. The lowest BCUT2D eigenvalue weighted by atomic mass is 10.00. The number of amides is 2. The zero-order valence-corrected chi connectivity index (χ0v) is 25.3. The van der Waals surface area contributed by atoms with Crippen molar-refractivity contribution in [2.45, 2.75) is 18.2 Å². The standard InChI is InChI=1S/C34H37N7O4/c1-35-21-32(43)41-22-34(44-16-17-45-34)18-30(41)33-37-20-29(38-33)27-8-6-25(7-9-27)24-2-4-26(5-3-24)28-10-11-31(36-19-28)40-14-12-39(23-42)13-15-40/h2-11,19-20,23,30,35H,12-18,21-22H2,1H3,(H,37,38). The second-order valence-electron chi connectivity index (χ2n) is 11.7. The van der Waals surface area contributed by atoms with E-state index in [1.54, 1.807) is 16.8 Å². The number of ether oxygens (including phenoxy) is 2. The quantitative estimate of drug-likeness (QED) is 0.293. The van der Waals surface area contributed by atoms with Crippen molar-refractivity contribution in [1.82, 2.24) is 30.1 Å². The molecule has 2 aromatic carbocycles. The van der Waals surface area contributed by atoms with Crippen LogP contribution in [0.2, 0.25) is 0 Å². The number of hydrogen-bond donors (Lipinski definition) is 2. The maximum absolute atomic E-state index is 12.9. The first-order chi connectivity index (χ1) is 22.0. The molecule has 11 nitrogen and oxygen atoms in total. The molecule has 5 heterocycles. The van der Waals surface area contributed by atoms with Gasteiger partial charge in [-0.2, -0.15) is 0 Å². The Morgan fingerprint density at radius 2 is 1.56 bits per heavy atom. The highest BCUT2D eigenvalue weighted by molar-refractivity contribution is 5.79. The third-order valence-electron chi connectivity index (χ3n) is 8.93. The van der Waals surface area contributed by atoms with Crippen LogP contribution in [0.4, 0.5) is 5.82 Å². The van der Waals surface area contributed by atoms with E-state index >= 15 is 0 Å². The number of hydrogen-bond acceptors (Lipinski definition) is 8. The van der Waals surface area contributed by atoms with Gasteiger partial charge in [0.2, 0.25) is 12.3 Å². The molecule has 0 radical (unpaired) electrons. The predicted molar refractivity (Wildman–Crippen MR) is 170 cm³/mol. The normalized spacial score (nSPS) is 19.4. The number of carbonyl (C=O) groups is 2. The van der Waals surface area contributed by atoms with Crippen LogP contribution < -0.4 is 10.2 Å². The molecule has 2 aromatic heterocycles. The van der Waals surface area contributed by atoms with Gasteiger partial charge in [0.25, 0.3) is 0 Å². The molecule has 0 aliphatic carbocycles. The molecule has 1 unspecified atom stereocenters. The van der Waals surface area contributed by atoms with Crippen LogP contribution in [0.5, 0.6) is 0 Å². The monoisotopic (exact) mass is 607 g/mol. The summed E-state index contributed by atoms with van der Waals surface area (Å²) in [5, 5.41) is 2.96. The molecule has 3 aliphatic heterocycles. The van der Waals surface area contributed by atoms with Crippen LogP contribution in [0.3, 0.4) is 0 Å². The van der Waals surface area contributed by atoms with Gasteiger partial charge in [0.15, 0.2) is 5.79 Å². The van der Waals surface area contributed by atoms with E-state index in [-0.39, 0.29) is 18.5 Å². The van der Waals surface area contributed by atoms with Crippen LogP contribution in [0, 0.1) is 0 Å². The molecule has 0 saturated carbocycles. The van der Waals surface area contributed by atoms with Gasteiger partial charge in [-0.25, -0.2) is 9.97 Å². The fourth-order valence-electron chi connectivity index (χ4n) is 6.45. The second-order valence-corrected chi connectivity index (χ2v) is 11.7. The lowest BCUT2D eigenvalue weighted by Gasteiger charge is -2.33. The zero-order chi connectivity index (χ0) is 30.8. The number of benzene rings is 2. The first kappa shape index (κ1) is 29.1. The van der Waals surface area contributed by atoms with E-state index in [9.17, 15) is 9.59 Å². The molecule has 1 atom stereocenters. The summed E-state index contributed by atoms with van der Waals surface area (Å²) in [7, 11) is 1.77. The average molecular weight is 608 g/mol. The summed E-state index contributed by atoms with van der Waals surface area (Å²) in [5.74, 6) is 0.902. The molecule has 2 N–H and O–H groups in total. The summed E-state index contributed by atoms with van der Waals surface area (Å²) in [5.41, 5.74) is 6.22. The van der Waals surface area contributed by atoms with Crippen LogP contribution in [0.1, 0.15) is 18.3 Å². The Balaban J connectivity index is 1.02. The highest BCUT2D eigenvalue weighted by Gasteiger charge is 2.51. The number of likely N-dealkylation sites (N-methyl/N-ethyl adjacent to an activating group) is 1. The van der Waals surface area contributed by atoms with Crippen LogP contribution in [0.15, 0.2) is 73.1 Å². The Kier molecular flexibility index (Phi) is 8.05. The number of aromatic amines is 1. The molecule has 3 fully saturated rings. The maximum Gasteiger partial charge on any atom is 0.237 e. The van der Waals surface area contributed by atoms with Gasteiger partial charge in [-0.15, -0.1) is 0 Å². The maximum atomic E-state index is 12.9. The molecule has 3 aliphatic rings. The van der Waals surface area contributed by atoms with Crippen molar-refractivity contribution >= 4 is 18.1 Å². The fraction of sp³-hybridized carbons (Fsp3) is 0.353. The summed E-state index contributed by atoms with van der Waals surface area (Å²) in [6.07, 6.45) is 5.27.